The van der Waals surface area contributed by atoms with Crippen LogP contribution in [-0.2, 0) is 11.2 Å². The molecule has 0 aliphatic rings. The van der Waals surface area contributed by atoms with Crippen molar-refractivity contribution in [3.63, 3.8) is 0 Å². The second-order valence-corrected chi connectivity index (χ2v) is 5.72. The fourth-order valence-corrected chi connectivity index (χ4v) is 2.39. The van der Waals surface area contributed by atoms with Crippen molar-refractivity contribution in [3.8, 4) is 5.75 Å². The van der Waals surface area contributed by atoms with Gasteiger partial charge in [0, 0.05) is 6.42 Å². The highest BCUT2D eigenvalue weighted by Crippen LogP contribution is 2.24. The quantitative estimate of drug-likeness (QED) is 0.321. The van der Waals surface area contributed by atoms with Gasteiger partial charge in [0.1, 0.15) is 11.3 Å². The van der Waals surface area contributed by atoms with E-state index in [1.807, 2.05) is 0 Å². The second kappa shape index (κ2) is 9.94. The van der Waals surface area contributed by atoms with Crippen molar-refractivity contribution >= 4 is 19.0 Å². The van der Waals surface area contributed by atoms with Crippen LogP contribution in [0, 0.1) is 0 Å². The van der Waals surface area contributed by atoms with Gasteiger partial charge in [0.25, 0.3) is 0 Å². The number of carboxylic acids is 1. The van der Waals surface area contributed by atoms with Gasteiger partial charge in [0.05, 0.1) is 5.94 Å². The van der Waals surface area contributed by atoms with E-state index in [0.717, 1.165) is 19.3 Å². The molecule has 0 fully saturated rings. The molecule has 0 aliphatic carbocycles. The first-order valence-corrected chi connectivity index (χ1v) is 8.06. The average Bonchev–Trinajstić information content (AvgIpc) is 2.52. The van der Waals surface area contributed by atoms with Crippen LogP contribution in [0.5, 0.6) is 5.75 Å². The highest BCUT2D eigenvalue weighted by molar-refractivity contribution is 6.43. The molecule has 7 nitrogen and oxygen atoms in total. The number of carbonyl (C=O) groups is 2. The third kappa shape index (κ3) is 6.21. The number of hydrogen-bond donors (Lipinski definition) is 5. The maximum atomic E-state index is 11.9. The van der Waals surface area contributed by atoms with Crippen molar-refractivity contribution < 1.29 is 29.9 Å². The minimum Gasteiger partial charge on any atom is -0.507 e. The third-order valence-electron chi connectivity index (χ3n) is 3.75. The summed E-state index contributed by atoms with van der Waals surface area (Å²) in [5.41, 5.74) is -0.0520. The van der Waals surface area contributed by atoms with Crippen LogP contribution in [0.25, 0.3) is 0 Å². The van der Waals surface area contributed by atoms with Crippen LogP contribution in [0.4, 0.5) is 0 Å². The van der Waals surface area contributed by atoms with Crippen molar-refractivity contribution in [1.29, 1.82) is 0 Å². The molecule has 1 unspecified atom stereocenters. The van der Waals surface area contributed by atoms with Gasteiger partial charge in [-0.05, 0) is 24.5 Å². The fraction of sp³-hybridized carbons (Fsp3) is 0.500. The number of carbonyl (C=O) groups excluding carboxylic acids is 1. The molecule has 0 heterocycles. The van der Waals surface area contributed by atoms with Crippen LogP contribution in [0.2, 0.25) is 0 Å². The van der Waals surface area contributed by atoms with Gasteiger partial charge >= 0.3 is 13.1 Å². The van der Waals surface area contributed by atoms with E-state index in [4.69, 9.17) is 5.11 Å². The van der Waals surface area contributed by atoms with Crippen molar-refractivity contribution in [2.24, 2.45) is 0 Å². The normalized spacial score (nSPS) is 11.8. The van der Waals surface area contributed by atoms with Crippen molar-refractivity contribution in [3.05, 3.63) is 29.3 Å². The number of unbranched alkanes of at least 4 members (excludes halogenated alkanes) is 3. The van der Waals surface area contributed by atoms with Gasteiger partial charge in [-0.15, -0.1) is 0 Å². The molecule has 1 aromatic carbocycles. The topological polar surface area (TPSA) is 127 Å². The molecule has 0 radical (unpaired) electrons. The summed E-state index contributed by atoms with van der Waals surface area (Å²) in [7, 11) is -1.82. The lowest BCUT2D eigenvalue weighted by Crippen LogP contribution is -2.47. The number of hydrogen-bond acceptors (Lipinski definition) is 5. The Bertz CT molecular complexity index is 563. The van der Waals surface area contributed by atoms with Gasteiger partial charge in [0.15, 0.2) is 0 Å². The Balaban J connectivity index is 2.72. The predicted octanol–water partition coefficient (Wildman–Crippen LogP) is 1.10. The van der Waals surface area contributed by atoms with E-state index in [9.17, 15) is 24.7 Å². The summed E-state index contributed by atoms with van der Waals surface area (Å²) in [6.45, 7) is 2.07. The number of phenols is 1. The largest absolute Gasteiger partial charge is 0.507 e. The fourth-order valence-electron chi connectivity index (χ4n) is 2.39. The molecule has 5 N–H and O–H groups in total. The van der Waals surface area contributed by atoms with Crippen molar-refractivity contribution in [2.75, 3.05) is 0 Å². The zero-order valence-corrected chi connectivity index (χ0v) is 13.7. The number of amides is 1. The zero-order valence-electron chi connectivity index (χ0n) is 13.7. The molecule has 0 aromatic heterocycles. The molecule has 0 saturated heterocycles. The molecule has 8 heteroatoms. The molecule has 0 saturated carbocycles. The maximum absolute atomic E-state index is 11.9. The van der Waals surface area contributed by atoms with E-state index in [1.165, 1.54) is 18.2 Å². The number of benzene rings is 1. The molecular weight excluding hydrogens is 313 g/mol. The number of nitrogens with one attached hydrogen (secondary N) is 1. The SMILES string of the molecule is CCCCCCC(=O)NC(Cc1cccc(C(=O)O)c1O)B(O)O. The number of rotatable bonds is 10. The molecule has 1 atom stereocenters. The summed E-state index contributed by atoms with van der Waals surface area (Å²) < 4.78 is 0. The smallest absolute Gasteiger partial charge is 0.475 e. The van der Waals surface area contributed by atoms with E-state index in [0.29, 0.717) is 6.42 Å². The molecule has 1 amide bonds. The first kappa shape index (κ1) is 20.0. The van der Waals surface area contributed by atoms with Gasteiger partial charge in [0.2, 0.25) is 5.91 Å². The summed E-state index contributed by atoms with van der Waals surface area (Å²) >= 11 is 0. The second-order valence-electron chi connectivity index (χ2n) is 5.72. The first-order chi connectivity index (χ1) is 11.4. The van der Waals surface area contributed by atoms with E-state index in [2.05, 4.69) is 12.2 Å². The summed E-state index contributed by atoms with van der Waals surface area (Å²) in [5, 5.41) is 40.4. The number of aromatic carboxylic acids is 1. The third-order valence-corrected chi connectivity index (χ3v) is 3.75. The Morgan fingerprint density at radius 3 is 2.50 bits per heavy atom. The predicted molar refractivity (Wildman–Crippen MR) is 89.7 cm³/mol. The lowest BCUT2D eigenvalue weighted by molar-refractivity contribution is -0.121. The van der Waals surface area contributed by atoms with Crippen LogP contribution in [0.15, 0.2) is 18.2 Å². The van der Waals surface area contributed by atoms with Crippen LogP contribution < -0.4 is 5.32 Å². The van der Waals surface area contributed by atoms with Gasteiger partial charge in [-0.2, -0.15) is 0 Å². The Labute approximate surface area is 141 Å². The Morgan fingerprint density at radius 2 is 1.92 bits per heavy atom. The monoisotopic (exact) mass is 337 g/mol. The minimum atomic E-state index is -1.82. The standard InChI is InChI=1S/C16H24BNO6/c1-2-3-4-5-9-14(19)18-13(17(23)24)10-11-7-6-8-12(15(11)20)16(21)22/h6-8,13,20,23-24H,2-5,9-10H2,1H3,(H,18,19)(H,21,22). The van der Waals surface area contributed by atoms with Gasteiger partial charge in [-0.25, -0.2) is 4.79 Å². The van der Waals surface area contributed by atoms with E-state index in [-0.39, 0.29) is 29.9 Å². The molecule has 0 bridgehead atoms. The Kier molecular flexibility index (Phi) is 8.28. The lowest BCUT2D eigenvalue weighted by Gasteiger charge is -2.19. The highest BCUT2D eigenvalue weighted by Gasteiger charge is 2.27. The molecule has 0 aliphatic heterocycles. The van der Waals surface area contributed by atoms with Gasteiger partial charge in [-0.1, -0.05) is 38.3 Å². The molecular formula is C16H24BNO6. The van der Waals surface area contributed by atoms with Crippen molar-refractivity contribution in [1.82, 2.24) is 5.32 Å². The molecule has 0 spiro atoms. The number of carboxylic acid groups (broad SMARTS) is 1. The minimum absolute atomic E-state index is 0.0919. The zero-order chi connectivity index (χ0) is 18.1. The number of para-hydroxylation sites is 1. The van der Waals surface area contributed by atoms with E-state index < -0.39 is 24.8 Å². The van der Waals surface area contributed by atoms with Gasteiger partial charge < -0.3 is 25.6 Å². The van der Waals surface area contributed by atoms with Crippen LogP contribution >= 0.6 is 0 Å². The Hall–Kier alpha value is -2.06. The summed E-state index contributed by atoms with van der Waals surface area (Å²) in [4.78, 5) is 22.9. The average molecular weight is 337 g/mol. The summed E-state index contributed by atoms with van der Waals surface area (Å²) in [6, 6.07) is 4.17. The summed E-state index contributed by atoms with van der Waals surface area (Å²) in [5.74, 6) is -3.06. The van der Waals surface area contributed by atoms with Crippen molar-refractivity contribution in [2.45, 2.75) is 51.4 Å². The molecule has 1 aromatic rings. The highest BCUT2D eigenvalue weighted by atomic mass is 16.4. The van der Waals surface area contributed by atoms with E-state index >= 15 is 0 Å². The first-order valence-electron chi connectivity index (χ1n) is 8.06. The summed E-state index contributed by atoms with van der Waals surface area (Å²) in [6.07, 6.45) is 3.93. The van der Waals surface area contributed by atoms with Crippen LogP contribution in [0.1, 0.15) is 54.9 Å². The number of aromatic hydroxyl groups is 1. The molecule has 24 heavy (non-hydrogen) atoms. The Morgan fingerprint density at radius 1 is 1.21 bits per heavy atom. The van der Waals surface area contributed by atoms with Gasteiger partial charge in [-0.3, -0.25) is 4.79 Å². The van der Waals surface area contributed by atoms with E-state index in [1.54, 1.807) is 0 Å². The molecule has 132 valence electrons. The van der Waals surface area contributed by atoms with Crippen LogP contribution in [-0.4, -0.2) is 45.2 Å². The lowest BCUT2D eigenvalue weighted by atomic mass is 9.75. The molecule has 1 rings (SSSR count). The van der Waals surface area contributed by atoms with Crippen LogP contribution in [0.3, 0.4) is 0 Å². The maximum Gasteiger partial charge on any atom is 0.475 e.